The van der Waals surface area contributed by atoms with Crippen LogP contribution in [0, 0.1) is 5.41 Å². The fourth-order valence-electron chi connectivity index (χ4n) is 5.42. The number of nitrogens with one attached hydrogen (secondary N) is 2. The number of aliphatic hydroxyl groups is 2. The third kappa shape index (κ3) is 9.84. The number of nitrogens with zero attached hydrogens (tertiary/aromatic N) is 1. The first kappa shape index (κ1) is 35.2. The van der Waals surface area contributed by atoms with Crippen molar-refractivity contribution >= 4 is 45.5 Å². The molecule has 2 unspecified atom stereocenters. The molecular weight excluding hydrogens is 613 g/mol. The van der Waals surface area contributed by atoms with Gasteiger partial charge in [-0.2, -0.15) is 0 Å². The van der Waals surface area contributed by atoms with Gasteiger partial charge < -0.3 is 20.3 Å². The molecule has 1 aromatic carbocycles. The van der Waals surface area contributed by atoms with Gasteiger partial charge in [0.05, 0.1) is 29.5 Å². The second kappa shape index (κ2) is 16.7. The van der Waals surface area contributed by atoms with Crippen molar-refractivity contribution in [3.63, 3.8) is 0 Å². The van der Waals surface area contributed by atoms with Gasteiger partial charge in [0.25, 0.3) is 0 Å². The van der Waals surface area contributed by atoms with E-state index in [4.69, 9.17) is 21.4 Å². The Morgan fingerprint density at radius 3 is 2.56 bits per heavy atom. The maximum absolute atomic E-state index is 14.0. The van der Waals surface area contributed by atoms with Crippen LogP contribution in [-0.4, -0.2) is 67.2 Å². The van der Waals surface area contributed by atoms with Crippen molar-refractivity contribution in [3.05, 3.63) is 83.2 Å². The van der Waals surface area contributed by atoms with Crippen LogP contribution < -0.4 is 10.0 Å². The number of aromatic nitrogens is 1. The van der Waals surface area contributed by atoms with Gasteiger partial charge in [-0.1, -0.05) is 79.4 Å². The summed E-state index contributed by atoms with van der Waals surface area (Å²) in [6.45, 7) is 0.191. The second-order valence-corrected chi connectivity index (χ2v) is 13.1. The third-order valence-corrected chi connectivity index (χ3v) is 9.37. The summed E-state index contributed by atoms with van der Waals surface area (Å²) in [7, 11) is -3.98. The summed E-state index contributed by atoms with van der Waals surface area (Å²) in [6.07, 6.45) is 10.6. The SMILES string of the molecule is Cl.O=C(NS(=O)(=O)CCCO)C1(CCNC[C@H](O)c2ccc(Cl)nc2)C=CC(c2ccccc2)=CC1OC1CCCCC1. The Kier molecular flexibility index (Phi) is 13.6. The number of benzene rings is 1. The molecule has 1 aromatic heterocycles. The molecule has 1 fully saturated rings. The Morgan fingerprint density at radius 2 is 1.88 bits per heavy atom. The minimum absolute atomic E-state index is 0. The summed E-state index contributed by atoms with van der Waals surface area (Å²) in [5, 5.41) is 23.3. The predicted octanol–water partition coefficient (Wildman–Crippen LogP) is 4.36. The molecule has 0 radical (unpaired) electrons. The molecule has 4 rings (SSSR count). The van der Waals surface area contributed by atoms with Crippen LogP contribution in [0.2, 0.25) is 5.15 Å². The van der Waals surface area contributed by atoms with Gasteiger partial charge in [0.15, 0.2) is 0 Å². The van der Waals surface area contributed by atoms with Crippen LogP contribution in [0.1, 0.15) is 62.2 Å². The fourth-order valence-corrected chi connectivity index (χ4v) is 6.61. The highest BCUT2D eigenvalue weighted by Crippen LogP contribution is 2.40. The molecule has 4 N–H and O–H groups in total. The van der Waals surface area contributed by atoms with Crippen molar-refractivity contribution in [1.29, 1.82) is 0 Å². The van der Waals surface area contributed by atoms with Crippen molar-refractivity contribution in [2.75, 3.05) is 25.4 Å². The molecule has 0 aliphatic heterocycles. The summed E-state index contributed by atoms with van der Waals surface area (Å²) < 4.78 is 34.5. The van der Waals surface area contributed by atoms with E-state index >= 15 is 0 Å². The number of halogens is 2. The molecule has 2 aliphatic rings. The van der Waals surface area contributed by atoms with E-state index < -0.39 is 33.6 Å². The van der Waals surface area contributed by atoms with Gasteiger partial charge in [-0.05, 0) is 55.5 Å². The number of pyridine rings is 1. The lowest BCUT2D eigenvalue weighted by Gasteiger charge is -2.40. The highest BCUT2D eigenvalue weighted by Gasteiger charge is 2.47. The second-order valence-electron chi connectivity index (χ2n) is 10.9. The zero-order valence-corrected chi connectivity index (χ0v) is 26.4. The van der Waals surface area contributed by atoms with Crippen LogP contribution >= 0.6 is 24.0 Å². The van der Waals surface area contributed by atoms with Crippen LogP contribution in [0.5, 0.6) is 0 Å². The number of carbonyl (C=O) groups excluding carboxylic acids is 1. The number of carbonyl (C=O) groups is 1. The highest BCUT2D eigenvalue weighted by molar-refractivity contribution is 7.90. The highest BCUT2D eigenvalue weighted by atomic mass is 35.5. The van der Waals surface area contributed by atoms with E-state index in [2.05, 4.69) is 15.0 Å². The van der Waals surface area contributed by atoms with Crippen LogP contribution in [-0.2, 0) is 19.6 Å². The topological polar surface area (TPSA) is 138 Å². The standard InChI is InChI=1S/C31H40ClN3O6S.ClH/c32-29-13-12-25(21-34-29)27(37)22-33-17-16-31(30(38)35-42(39,40)19-7-18-36)15-14-24(23-8-3-1-4-9-23)20-28(31)41-26-10-5-2-6-11-26;/h1,3-4,8-9,12-15,20-21,26-28,33,36-37H,2,5-7,10-11,16-19,22H2,(H,35,38);1H/t27-,28?,31?;/m0./s1. The molecule has 236 valence electrons. The lowest BCUT2D eigenvalue weighted by Crippen LogP contribution is -2.53. The largest absolute Gasteiger partial charge is 0.396 e. The molecule has 2 aliphatic carbocycles. The quantitative estimate of drug-likeness (QED) is 0.174. The van der Waals surface area contributed by atoms with Gasteiger partial charge >= 0.3 is 0 Å². The van der Waals surface area contributed by atoms with Gasteiger partial charge in [0, 0.05) is 24.9 Å². The Morgan fingerprint density at radius 1 is 1.14 bits per heavy atom. The molecule has 9 nitrogen and oxygen atoms in total. The first-order valence-corrected chi connectivity index (χ1v) is 16.5. The number of allylic oxidation sites excluding steroid dienone is 2. The Balaban J connectivity index is 0.00000506. The fraction of sp³-hybridized carbons (Fsp3) is 0.484. The van der Waals surface area contributed by atoms with E-state index in [0.717, 1.165) is 43.2 Å². The summed E-state index contributed by atoms with van der Waals surface area (Å²) in [5.41, 5.74) is 1.12. The minimum atomic E-state index is -3.98. The normalized spacial score (nSPS) is 21.5. The van der Waals surface area contributed by atoms with E-state index in [1.807, 2.05) is 42.5 Å². The van der Waals surface area contributed by atoms with Crippen LogP contribution in [0.3, 0.4) is 0 Å². The maximum atomic E-state index is 14.0. The average molecular weight is 655 g/mol. The Bertz CT molecular complexity index is 1340. The predicted molar refractivity (Wildman–Crippen MR) is 170 cm³/mol. The Hall–Kier alpha value is -2.31. The molecule has 0 spiro atoms. The molecule has 3 atom stereocenters. The van der Waals surface area contributed by atoms with Crippen molar-refractivity contribution < 1.29 is 28.2 Å². The molecule has 0 saturated heterocycles. The lowest BCUT2D eigenvalue weighted by molar-refractivity contribution is -0.137. The van der Waals surface area contributed by atoms with Gasteiger partial charge in [-0.25, -0.2) is 13.4 Å². The number of amides is 1. The molecule has 2 aromatic rings. The van der Waals surface area contributed by atoms with E-state index in [0.29, 0.717) is 17.3 Å². The smallest absolute Gasteiger partial charge is 0.246 e. The van der Waals surface area contributed by atoms with Crippen LogP contribution in [0.4, 0.5) is 0 Å². The molecule has 1 saturated carbocycles. The van der Waals surface area contributed by atoms with Crippen molar-refractivity contribution in [2.24, 2.45) is 5.41 Å². The first-order valence-electron chi connectivity index (χ1n) is 14.5. The minimum Gasteiger partial charge on any atom is -0.396 e. The zero-order chi connectivity index (χ0) is 30.0. The molecule has 1 heterocycles. The summed E-state index contributed by atoms with van der Waals surface area (Å²) >= 11 is 5.86. The number of ether oxygens (including phenoxy) is 1. The number of hydrogen-bond donors (Lipinski definition) is 4. The van der Waals surface area contributed by atoms with Crippen LogP contribution in [0.25, 0.3) is 5.57 Å². The van der Waals surface area contributed by atoms with Crippen molar-refractivity contribution in [1.82, 2.24) is 15.0 Å². The zero-order valence-electron chi connectivity index (χ0n) is 24.0. The van der Waals surface area contributed by atoms with E-state index in [1.165, 1.54) is 6.20 Å². The number of rotatable bonds is 14. The van der Waals surface area contributed by atoms with E-state index in [9.17, 15) is 18.3 Å². The van der Waals surface area contributed by atoms with Crippen LogP contribution in [0.15, 0.2) is 66.9 Å². The van der Waals surface area contributed by atoms with E-state index in [-0.39, 0.29) is 50.3 Å². The summed E-state index contributed by atoms with van der Waals surface area (Å²) in [5.74, 6) is -1.04. The maximum Gasteiger partial charge on any atom is 0.246 e. The third-order valence-electron chi connectivity index (χ3n) is 7.83. The van der Waals surface area contributed by atoms with Gasteiger partial charge in [0.1, 0.15) is 5.15 Å². The van der Waals surface area contributed by atoms with E-state index in [1.54, 1.807) is 18.2 Å². The van der Waals surface area contributed by atoms with Crippen molar-refractivity contribution in [3.8, 4) is 0 Å². The molecule has 43 heavy (non-hydrogen) atoms. The number of sulfonamides is 1. The lowest BCUT2D eigenvalue weighted by atomic mass is 9.73. The average Bonchev–Trinajstić information content (AvgIpc) is 3.00. The van der Waals surface area contributed by atoms with Gasteiger partial charge in [-0.3, -0.25) is 9.52 Å². The molecular formula is C31H41Cl2N3O6S. The van der Waals surface area contributed by atoms with Gasteiger partial charge in [-0.15, -0.1) is 12.4 Å². The van der Waals surface area contributed by atoms with Gasteiger partial charge in [0.2, 0.25) is 15.9 Å². The molecule has 0 bridgehead atoms. The first-order chi connectivity index (χ1) is 20.2. The molecule has 12 heteroatoms. The molecule has 1 amide bonds. The monoisotopic (exact) mass is 653 g/mol. The summed E-state index contributed by atoms with van der Waals surface area (Å²) in [4.78, 5) is 18.0. The number of hydrogen-bond acceptors (Lipinski definition) is 8. The summed E-state index contributed by atoms with van der Waals surface area (Å²) in [6, 6.07) is 13.1. The van der Waals surface area contributed by atoms with Crippen molar-refractivity contribution in [2.45, 2.75) is 63.3 Å². The number of aliphatic hydroxyl groups excluding tert-OH is 2. The Labute approximate surface area is 265 Å².